The Morgan fingerprint density at radius 2 is 1.73 bits per heavy atom. The van der Waals surface area contributed by atoms with Crippen LogP contribution in [0.15, 0.2) is 65.0 Å². The molecule has 7 nitrogen and oxygen atoms in total. The van der Waals surface area contributed by atoms with E-state index in [1.807, 2.05) is 63.2 Å². The summed E-state index contributed by atoms with van der Waals surface area (Å²) in [5.41, 5.74) is 4.14. The van der Waals surface area contributed by atoms with Crippen LogP contribution in [0.3, 0.4) is 0 Å². The van der Waals surface area contributed by atoms with Crippen LogP contribution < -0.4 is 10.9 Å². The Balaban J connectivity index is 1.78. The third-order valence-electron chi connectivity index (χ3n) is 5.61. The molecule has 0 aliphatic rings. The first kappa shape index (κ1) is 21.8. The zero-order valence-corrected chi connectivity index (χ0v) is 18.9. The minimum absolute atomic E-state index is 0.0285. The molecule has 2 heterocycles. The fourth-order valence-electron chi connectivity index (χ4n) is 3.91. The van der Waals surface area contributed by atoms with Gasteiger partial charge in [-0.05, 0) is 69.2 Å². The first-order valence-electron chi connectivity index (χ1n) is 10.5. The van der Waals surface area contributed by atoms with Crippen LogP contribution in [0.2, 0.25) is 0 Å². The summed E-state index contributed by atoms with van der Waals surface area (Å²) in [5, 5.41) is 13.0. The summed E-state index contributed by atoms with van der Waals surface area (Å²) in [6.07, 6.45) is 1.54. The molecule has 164 valence electrons. The standard InChI is InChI=1S/C26H23N5O2/c1-16-9-5-7-11-23(16)29-25(32)21(15-27)14-20-13-17(2)30(18(20)3)31-19(4)28-24-12-8-6-10-22(24)26(31)33/h5-14H,1-4H3,(H,29,32). The highest BCUT2D eigenvalue weighted by atomic mass is 16.2. The monoisotopic (exact) mass is 437 g/mol. The first-order chi connectivity index (χ1) is 15.8. The molecule has 2 aromatic heterocycles. The molecule has 1 N–H and O–H groups in total. The normalized spacial score (nSPS) is 11.4. The number of benzene rings is 2. The zero-order valence-electron chi connectivity index (χ0n) is 18.9. The number of rotatable bonds is 4. The summed E-state index contributed by atoms with van der Waals surface area (Å²) >= 11 is 0. The highest BCUT2D eigenvalue weighted by Gasteiger charge is 2.17. The average molecular weight is 438 g/mol. The van der Waals surface area contributed by atoms with E-state index in [4.69, 9.17) is 0 Å². The summed E-state index contributed by atoms with van der Waals surface area (Å²) in [5.74, 6) is 0.0474. The average Bonchev–Trinajstić information content (AvgIpc) is 3.06. The number of carbonyl (C=O) groups is 1. The van der Waals surface area contributed by atoms with Crippen LogP contribution in [0.4, 0.5) is 5.69 Å². The van der Waals surface area contributed by atoms with Crippen molar-refractivity contribution in [3.63, 3.8) is 0 Å². The molecular formula is C26H23N5O2. The predicted octanol–water partition coefficient (Wildman–Crippen LogP) is 4.29. The number of nitriles is 1. The topological polar surface area (TPSA) is 92.7 Å². The van der Waals surface area contributed by atoms with E-state index in [-0.39, 0.29) is 11.1 Å². The van der Waals surface area contributed by atoms with Gasteiger partial charge in [0.05, 0.1) is 10.9 Å². The van der Waals surface area contributed by atoms with Crippen LogP contribution in [-0.2, 0) is 4.79 Å². The lowest BCUT2D eigenvalue weighted by Crippen LogP contribution is -2.30. The number of anilines is 1. The lowest BCUT2D eigenvalue weighted by molar-refractivity contribution is -0.112. The van der Waals surface area contributed by atoms with Gasteiger partial charge in [0.2, 0.25) is 0 Å². The number of nitrogens with zero attached hydrogens (tertiary/aromatic N) is 4. The smallest absolute Gasteiger partial charge is 0.280 e. The summed E-state index contributed by atoms with van der Waals surface area (Å²) in [6, 6.07) is 18.4. The van der Waals surface area contributed by atoms with Crippen molar-refractivity contribution in [3.05, 3.63) is 98.9 Å². The number of aromatic nitrogens is 3. The number of hydrogen-bond donors (Lipinski definition) is 1. The third-order valence-corrected chi connectivity index (χ3v) is 5.61. The lowest BCUT2D eigenvalue weighted by Gasteiger charge is -2.16. The number of nitrogens with one attached hydrogen (secondary N) is 1. The molecule has 0 saturated carbocycles. The van der Waals surface area contributed by atoms with Crippen LogP contribution in [0, 0.1) is 39.0 Å². The molecule has 2 aromatic carbocycles. The van der Waals surface area contributed by atoms with Crippen LogP contribution in [0.1, 0.15) is 28.3 Å². The van der Waals surface area contributed by atoms with Gasteiger partial charge in [0.25, 0.3) is 11.5 Å². The van der Waals surface area contributed by atoms with Gasteiger partial charge in [-0.15, -0.1) is 0 Å². The van der Waals surface area contributed by atoms with Gasteiger partial charge >= 0.3 is 0 Å². The number of aryl methyl sites for hydroxylation is 3. The molecule has 0 atom stereocenters. The van der Waals surface area contributed by atoms with Crippen molar-refractivity contribution in [3.8, 4) is 6.07 Å². The van der Waals surface area contributed by atoms with E-state index in [1.54, 1.807) is 35.9 Å². The van der Waals surface area contributed by atoms with E-state index in [2.05, 4.69) is 10.3 Å². The maximum atomic E-state index is 13.3. The number of carbonyl (C=O) groups excluding carboxylic acids is 1. The molecule has 7 heteroatoms. The third kappa shape index (κ3) is 3.94. The fraction of sp³-hybridized carbons (Fsp3) is 0.154. The Morgan fingerprint density at radius 3 is 2.45 bits per heavy atom. The summed E-state index contributed by atoms with van der Waals surface area (Å²) in [4.78, 5) is 30.6. The number of amides is 1. The molecule has 0 aliphatic heterocycles. The second-order valence-electron chi connectivity index (χ2n) is 7.87. The molecule has 0 saturated heterocycles. The minimum Gasteiger partial charge on any atom is -0.321 e. The van der Waals surface area contributed by atoms with Gasteiger partial charge in [0.1, 0.15) is 17.5 Å². The van der Waals surface area contributed by atoms with E-state index < -0.39 is 5.91 Å². The molecule has 4 rings (SSSR count). The van der Waals surface area contributed by atoms with Crippen LogP contribution in [-0.4, -0.2) is 20.2 Å². The number of fused-ring (bicyclic) bond motifs is 1. The maximum Gasteiger partial charge on any atom is 0.280 e. The molecule has 0 aliphatic carbocycles. The Morgan fingerprint density at radius 1 is 1.03 bits per heavy atom. The van der Waals surface area contributed by atoms with Crippen molar-refractivity contribution in [1.29, 1.82) is 5.26 Å². The van der Waals surface area contributed by atoms with Crippen LogP contribution >= 0.6 is 0 Å². The van der Waals surface area contributed by atoms with Gasteiger partial charge in [-0.3, -0.25) is 14.3 Å². The van der Waals surface area contributed by atoms with Crippen molar-refractivity contribution in [1.82, 2.24) is 14.3 Å². The Kier molecular flexibility index (Phi) is 5.67. The highest BCUT2D eigenvalue weighted by Crippen LogP contribution is 2.21. The first-order valence-corrected chi connectivity index (χ1v) is 10.5. The second-order valence-corrected chi connectivity index (χ2v) is 7.87. The second kappa shape index (κ2) is 8.60. The summed E-state index contributed by atoms with van der Waals surface area (Å²) < 4.78 is 3.28. The molecular weight excluding hydrogens is 414 g/mol. The van der Waals surface area contributed by atoms with E-state index >= 15 is 0 Å². The van der Waals surface area contributed by atoms with Gasteiger partial charge in [-0.25, -0.2) is 4.98 Å². The van der Waals surface area contributed by atoms with Gasteiger partial charge in [-0.2, -0.15) is 9.94 Å². The van der Waals surface area contributed by atoms with Crippen molar-refractivity contribution in [2.45, 2.75) is 27.7 Å². The largest absolute Gasteiger partial charge is 0.321 e. The fourth-order valence-corrected chi connectivity index (χ4v) is 3.91. The summed E-state index contributed by atoms with van der Waals surface area (Å²) in [7, 11) is 0. The maximum absolute atomic E-state index is 13.3. The Labute approximate surface area is 191 Å². The van der Waals surface area contributed by atoms with Crippen molar-refractivity contribution >= 4 is 28.6 Å². The van der Waals surface area contributed by atoms with Crippen molar-refractivity contribution in [2.75, 3.05) is 5.32 Å². The molecule has 0 bridgehead atoms. The Hall–Kier alpha value is -4.44. The van der Waals surface area contributed by atoms with Crippen LogP contribution in [0.5, 0.6) is 0 Å². The SMILES string of the molecule is Cc1ccccc1NC(=O)C(C#N)=Cc1cc(C)n(-n2c(C)nc3ccccc3c2=O)c1C. The minimum atomic E-state index is -0.489. The van der Waals surface area contributed by atoms with E-state index in [9.17, 15) is 14.9 Å². The lowest BCUT2D eigenvalue weighted by atomic mass is 10.1. The molecule has 0 fully saturated rings. The molecule has 0 unspecified atom stereocenters. The highest BCUT2D eigenvalue weighted by molar-refractivity contribution is 6.10. The van der Waals surface area contributed by atoms with Crippen LogP contribution in [0.25, 0.3) is 17.0 Å². The number of hydrogen-bond acceptors (Lipinski definition) is 4. The van der Waals surface area contributed by atoms with E-state index in [1.165, 1.54) is 4.68 Å². The van der Waals surface area contributed by atoms with E-state index in [0.717, 1.165) is 11.3 Å². The summed E-state index contributed by atoms with van der Waals surface area (Å²) in [6.45, 7) is 7.37. The molecule has 33 heavy (non-hydrogen) atoms. The van der Waals surface area contributed by atoms with Gasteiger partial charge in [0, 0.05) is 17.1 Å². The van der Waals surface area contributed by atoms with Gasteiger partial charge in [0.15, 0.2) is 0 Å². The number of para-hydroxylation sites is 2. The molecule has 1 amide bonds. The van der Waals surface area contributed by atoms with Crippen molar-refractivity contribution < 1.29 is 4.79 Å². The van der Waals surface area contributed by atoms with E-state index in [0.29, 0.717) is 33.7 Å². The molecule has 4 aromatic rings. The molecule has 0 radical (unpaired) electrons. The Bertz CT molecular complexity index is 1530. The zero-order chi connectivity index (χ0) is 23.7. The van der Waals surface area contributed by atoms with Gasteiger partial charge < -0.3 is 5.32 Å². The predicted molar refractivity (Wildman–Crippen MR) is 129 cm³/mol. The molecule has 0 spiro atoms. The quantitative estimate of drug-likeness (QED) is 0.381. The van der Waals surface area contributed by atoms with Crippen molar-refractivity contribution in [2.24, 2.45) is 0 Å². The van der Waals surface area contributed by atoms with Gasteiger partial charge in [-0.1, -0.05) is 30.3 Å².